The molecule has 0 spiro atoms. The van der Waals surface area contributed by atoms with E-state index < -0.39 is 5.60 Å². The minimum atomic E-state index is -0.488. The van der Waals surface area contributed by atoms with Gasteiger partial charge < -0.3 is 28.6 Å². The predicted octanol–water partition coefficient (Wildman–Crippen LogP) is 5.11. The lowest BCUT2D eigenvalue weighted by Gasteiger charge is -2.28. The molecule has 0 radical (unpaired) electrons. The van der Waals surface area contributed by atoms with Gasteiger partial charge in [0.1, 0.15) is 11.4 Å². The SMILES string of the molecule is COCOc1cc(C)c(CCOCCO[C@@H]2CCCCN(C(=O)OC(C)(C)C)C2)c(Br)c1. The first kappa shape index (κ1) is 26.9. The van der Waals surface area contributed by atoms with Crippen LogP contribution in [0.3, 0.4) is 0 Å². The number of hydrogen-bond donors (Lipinski definition) is 0. The Bertz CT molecular complexity index is 698. The second kappa shape index (κ2) is 13.4. The molecule has 1 heterocycles. The van der Waals surface area contributed by atoms with Gasteiger partial charge in [0.05, 0.1) is 32.5 Å². The van der Waals surface area contributed by atoms with Crippen LogP contribution < -0.4 is 4.74 Å². The summed E-state index contributed by atoms with van der Waals surface area (Å²) >= 11 is 3.62. The zero-order valence-corrected chi connectivity index (χ0v) is 21.7. The van der Waals surface area contributed by atoms with Gasteiger partial charge >= 0.3 is 6.09 Å². The summed E-state index contributed by atoms with van der Waals surface area (Å²) in [7, 11) is 1.60. The number of aryl methyl sites for hydroxylation is 1. The molecule has 32 heavy (non-hydrogen) atoms. The van der Waals surface area contributed by atoms with Crippen LogP contribution in [0.25, 0.3) is 0 Å². The van der Waals surface area contributed by atoms with E-state index in [2.05, 4.69) is 22.9 Å². The number of likely N-dealkylation sites (tertiary alicyclic amines) is 1. The van der Waals surface area contributed by atoms with Crippen molar-refractivity contribution in [3.05, 3.63) is 27.7 Å². The van der Waals surface area contributed by atoms with Crippen LogP contribution in [0.15, 0.2) is 16.6 Å². The van der Waals surface area contributed by atoms with E-state index in [0.29, 0.717) is 26.4 Å². The number of halogens is 1. The summed E-state index contributed by atoms with van der Waals surface area (Å²) in [5.41, 5.74) is 1.86. The number of hydrogen-bond acceptors (Lipinski definition) is 6. The number of benzene rings is 1. The Morgan fingerprint density at radius 2 is 1.97 bits per heavy atom. The standard InChI is InChI=1S/C24H38BrNO6/c1-18-14-20(31-17-28-5)15-22(25)21(18)9-11-29-12-13-30-19-8-6-7-10-26(16-19)23(27)32-24(2,3)4/h14-15,19H,6-13,16-17H2,1-5H3/t19-/m1/s1. The number of carbonyl (C=O) groups excluding carboxylic acids is 1. The quantitative estimate of drug-likeness (QED) is 0.318. The Hall–Kier alpha value is -1.35. The lowest BCUT2D eigenvalue weighted by atomic mass is 10.1. The van der Waals surface area contributed by atoms with Crippen molar-refractivity contribution >= 4 is 22.0 Å². The van der Waals surface area contributed by atoms with Crippen molar-refractivity contribution in [1.82, 2.24) is 4.90 Å². The van der Waals surface area contributed by atoms with E-state index in [1.165, 1.54) is 5.56 Å². The van der Waals surface area contributed by atoms with Crippen LogP contribution in [0.5, 0.6) is 5.75 Å². The molecule has 182 valence electrons. The first-order valence-electron chi connectivity index (χ1n) is 11.3. The average molecular weight is 516 g/mol. The maximum absolute atomic E-state index is 12.4. The van der Waals surface area contributed by atoms with Gasteiger partial charge in [0.2, 0.25) is 0 Å². The molecule has 7 nitrogen and oxygen atoms in total. The Kier molecular flexibility index (Phi) is 11.2. The van der Waals surface area contributed by atoms with Crippen molar-refractivity contribution in [3.8, 4) is 5.75 Å². The van der Waals surface area contributed by atoms with Crippen LogP contribution in [0.4, 0.5) is 4.79 Å². The van der Waals surface area contributed by atoms with Gasteiger partial charge in [-0.25, -0.2) is 4.79 Å². The fourth-order valence-electron chi connectivity index (χ4n) is 3.55. The van der Waals surface area contributed by atoms with Crippen LogP contribution >= 0.6 is 15.9 Å². The highest BCUT2D eigenvalue weighted by Crippen LogP contribution is 2.27. The fraction of sp³-hybridized carbons (Fsp3) is 0.708. The van der Waals surface area contributed by atoms with Crippen LogP contribution in [-0.4, -0.2) is 69.5 Å². The molecule has 1 aromatic rings. The van der Waals surface area contributed by atoms with Gasteiger partial charge in [-0.1, -0.05) is 15.9 Å². The largest absolute Gasteiger partial charge is 0.468 e. The second-order valence-electron chi connectivity index (χ2n) is 9.03. The molecular formula is C24H38BrNO6. The molecule has 2 rings (SSSR count). The first-order chi connectivity index (χ1) is 15.2. The summed E-state index contributed by atoms with van der Waals surface area (Å²) < 4.78 is 28.8. The highest BCUT2D eigenvalue weighted by atomic mass is 79.9. The minimum Gasteiger partial charge on any atom is -0.468 e. The first-order valence-corrected chi connectivity index (χ1v) is 12.1. The summed E-state index contributed by atoms with van der Waals surface area (Å²) in [5.74, 6) is 0.776. The molecule has 0 N–H and O–H groups in total. The van der Waals surface area contributed by atoms with Crippen molar-refractivity contribution in [3.63, 3.8) is 0 Å². The fourth-order valence-corrected chi connectivity index (χ4v) is 4.29. The van der Waals surface area contributed by atoms with Gasteiger partial charge in [-0.3, -0.25) is 0 Å². The lowest BCUT2D eigenvalue weighted by molar-refractivity contribution is -0.0171. The molecule has 1 saturated heterocycles. The maximum Gasteiger partial charge on any atom is 0.410 e. The van der Waals surface area contributed by atoms with E-state index in [4.69, 9.17) is 23.7 Å². The van der Waals surface area contributed by atoms with Crippen molar-refractivity contribution < 1.29 is 28.5 Å². The zero-order chi connectivity index (χ0) is 23.6. The molecule has 8 heteroatoms. The van der Waals surface area contributed by atoms with Crippen LogP contribution in [0.2, 0.25) is 0 Å². The molecule has 0 saturated carbocycles. The Balaban J connectivity index is 1.70. The maximum atomic E-state index is 12.4. The minimum absolute atomic E-state index is 0.0182. The summed E-state index contributed by atoms with van der Waals surface area (Å²) in [4.78, 5) is 14.2. The number of amides is 1. The van der Waals surface area contributed by atoms with Crippen molar-refractivity contribution in [1.29, 1.82) is 0 Å². The normalized spacial score (nSPS) is 17.2. The van der Waals surface area contributed by atoms with Gasteiger partial charge in [-0.05, 0) is 76.6 Å². The summed E-state index contributed by atoms with van der Waals surface area (Å²) in [6.07, 6.45) is 3.52. The van der Waals surface area contributed by atoms with Crippen LogP contribution in [0.1, 0.15) is 51.2 Å². The third-order valence-corrected chi connectivity index (χ3v) is 5.80. The molecule has 0 aliphatic carbocycles. The van der Waals surface area contributed by atoms with E-state index in [1.54, 1.807) is 12.0 Å². The molecule has 1 amide bonds. The monoisotopic (exact) mass is 515 g/mol. The van der Waals surface area contributed by atoms with E-state index in [1.807, 2.05) is 32.9 Å². The van der Waals surface area contributed by atoms with Gasteiger partial charge in [-0.15, -0.1) is 0 Å². The number of rotatable bonds is 10. The molecule has 0 aromatic heterocycles. The van der Waals surface area contributed by atoms with Crippen molar-refractivity contribution in [2.75, 3.05) is 46.8 Å². The van der Waals surface area contributed by atoms with E-state index >= 15 is 0 Å². The van der Waals surface area contributed by atoms with Crippen molar-refractivity contribution in [2.45, 2.75) is 65.1 Å². The topological polar surface area (TPSA) is 66.5 Å². The molecule has 1 aliphatic heterocycles. The Morgan fingerprint density at radius 1 is 1.19 bits per heavy atom. The summed E-state index contributed by atoms with van der Waals surface area (Å²) in [5, 5.41) is 0. The number of methoxy groups -OCH3 is 1. The average Bonchev–Trinajstić information content (AvgIpc) is 2.95. The number of nitrogens with zero attached hydrogens (tertiary/aromatic N) is 1. The van der Waals surface area contributed by atoms with Crippen molar-refractivity contribution in [2.24, 2.45) is 0 Å². The summed E-state index contributed by atoms with van der Waals surface area (Å²) in [6, 6.07) is 3.96. The molecule has 0 bridgehead atoms. The van der Waals surface area contributed by atoms with Crippen LogP contribution in [0, 0.1) is 6.92 Å². The molecule has 0 unspecified atom stereocenters. The summed E-state index contributed by atoms with van der Waals surface area (Å²) in [6.45, 7) is 10.9. The number of carbonyl (C=O) groups is 1. The van der Waals surface area contributed by atoms with Gasteiger partial charge in [0, 0.05) is 18.1 Å². The Labute approximate surface area is 200 Å². The molecule has 1 aromatic carbocycles. The molecule has 1 atom stereocenters. The van der Waals surface area contributed by atoms with Crippen LogP contribution in [-0.2, 0) is 25.4 Å². The number of ether oxygens (including phenoxy) is 5. The molecule has 1 aliphatic rings. The van der Waals surface area contributed by atoms with Gasteiger partial charge in [0.15, 0.2) is 6.79 Å². The van der Waals surface area contributed by atoms with E-state index in [0.717, 1.165) is 48.0 Å². The Morgan fingerprint density at radius 3 is 2.66 bits per heavy atom. The van der Waals surface area contributed by atoms with Gasteiger partial charge in [-0.2, -0.15) is 0 Å². The highest BCUT2D eigenvalue weighted by Gasteiger charge is 2.26. The third-order valence-electron chi connectivity index (χ3n) is 5.09. The lowest BCUT2D eigenvalue weighted by Crippen LogP contribution is -2.41. The third kappa shape index (κ3) is 9.65. The molecular weight excluding hydrogens is 478 g/mol. The smallest absolute Gasteiger partial charge is 0.410 e. The predicted molar refractivity (Wildman–Crippen MR) is 127 cm³/mol. The molecule has 1 fully saturated rings. The highest BCUT2D eigenvalue weighted by molar-refractivity contribution is 9.10. The second-order valence-corrected chi connectivity index (χ2v) is 9.88. The van der Waals surface area contributed by atoms with E-state index in [-0.39, 0.29) is 19.0 Å². The zero-order valence-electron chi connectivity index (χ0n) is 20.1. The van der Waals surface area contributed by atoms with Gasteiger partial charge in [0.25, 0.3) is 0 Å². The van der Waals surface area contributed by atoms with E-state index in [9.17, 15) is 4.79 Å².